The molecule has 0 spiro atoms. The second-order valence-corrected chi connectivity index (χ2v) is 6.78. The van der Waals surface area contributed by atoms with Crippen molar-refractivity contribution in [3.63, 3.8) is 0 Å². The van der Waals surface area contributed by atoms with Crippen LogP contribution in [0.3, 0.4) is 0 Å². The molecule has 0 radical (unpaired) electrons. The van der Waals surface area contributed by atoms with Crippen LogP contribution in [0.4, 0.5) is 5.69 Å². The average Bonchev–Trinajstić information content (AvgIpc) is 2.76. The van der Waals surface area contributed by atoms with Gasteiger partial charge in [0.25, 0.3) is 11.2 Å². The predicted octanol–water partition coefficient (Wildman–Crippen LogP) is 1.33. The van der Waals surface area contributed by atoms with Gasteiger partial charge in [0, 0.05) is 17.8 Å². The molecule has 0 fully saturated rings. The SMILES string of the molecule is Cc1c(Cn2c(=O)c(C(=O)O)cn(-c3ccc(OCCO)cc3)c2=O)cccc1[N+](=O)[O-]. The molecule has 0 saturated carbocycles. The Hall–Kier alpha value is -4.25. The number of rotatable bonds is 8. The van der Waals surface area contributed by atoms with Gasteiger partial charge in [0.1, 0.15) is 17.9 Å². The lowest BCUT2D eigenvalue weighted by Crippen LogP contribution is -2.42. The number of benzene rings is 2. The number of aromatic nitrogens is 2. The van der Waals surface area contributed by atoms with Crippen molar-refractivity contribution in [2.75, 3.05) is 13.2 Å². The number of carbonyl (C=O) groups is 1. The van der Waals surface area contributed by atoms with Crippen LogP contribution < -0.4 is 16.0 Å². The molecule has 0 bridgehead atoms. The summed E-state index contributed by atoms with van der Waals surface area (Å²) in [5, 5.41) is 29.5. The van der Waals surface area contributed by atoms with E-state index >= 15 is 0 Å². The van der Waals surface area contributed by atoms with Crippen LogP contribution in [0.5, 0.6) is 5.75 Å². The molecule has 1 aromatic heterocycles. The number of ether oxygens (including phenoxy) is 1. The van der Waals surface area contributed by atoms with Gasteiger partial charge in [-0.15, -0.1) is 0 Å². The summed E-state index contributed by atoms with van der Waals surface area (Å²) in [5.41, 5.74) is -1.76. The van der Waals surface area contributed by atoms with E-state index in [0.29, 0.717) is 11.3 Å². The van der Waals surface area contributed by atoms with Gasteiger partial charge in [-0.2, -0.15) is 0 Å². The van der Waals surface area contributed by atoms with E-state index in [1.165, 1.54) is 49.4 Å². The molecule has 0 atom stereocenters. The lowest BCUT2D eigenvalue weighted by atomic mass is 10.1. The number of nitro groups is 1. The van der Waals surface area contributed by atoms with Gasteiger partial charge in [0.05, 0.1) is 23.8 Å². The molecule has 0 saturated heterocycles. The Balaban J connectivity index is 2.14. The molecule has 2 aromatic carbocycles. The number of hydrogen-bond donors (Lipinski definition) is 2. The van der Waals surface area contributed by atoms with Gasteiger partial charge in [0.15, 0.2) is 0 Å². The summed E-state index contributed by atoms with van der Waals surface area (Å²) < 4.78 is 7.00. The lowest BCUT2D eigenvalue weighted by molar-refractivity contribution is -0.385. The van der Waals surface area contributed by atoms with Crippen molar-refractivity contribution in [2.45, 2.75) is 13.5 Å². The van der Waals surface area contributed by atoms with Crippen molar-refractivity contribution in [1.82, 2.24) is 9.13 Å². The molecule has 1 heterocycles. The summed E-state index contributed by atoms with van der Waals surface area (Å²) >= 11 is 0. The smallest absolute Gasteiger partial charge is 0.342 e. The number of hydrogen-bond acceptors (Lipinski definition) is 7. The van der Waals surface area contributed by atoms with Crippen molar-refractivity contribution in [1.29, 1.82) is 0 Å². The third-order valence-corrected chi connectivity index (χ3v) is 4.82. The molecule has 3 rings (SSSR count). The normalized spacial score (nSPS) is 10.7. The van der Waals surface area contributed by atoms with E-state index in [9.17, 15) is 29.6 Å². The Labute approximate surface area is 180 Å². The highest BCUT2D eigenvalue weighted by Crippen LogP contribution is 2.21. The Morgan fingerprint density at radius 2 is 1.84 bits per heavy atom. The fourth-order valence-electron chi connectivity index (χ4n) is 3.15. The van der Waals surface area contributed by atoms with Gasteiger partial charge in [0.2, 0.25) is 0 Å². The standard InChI is InChI=1S/C21H19N3O8/c1-13-14(3-2-4-18(13)24(30)31)11-23-19(26)17(20(27)28)12-22(21(23)29)15-5-7-16(8-6-15)32-10-9-25/h2-8,12,25H,9-11H2,1H3,(H,27,28). The first-order valence-electron chi connectivity index (χ1n) is 9.41. The van der Waals surface area contributed by atoms with Crippen molar-refractivity contribution in [2.24, 2.45) is 0 Å². The molecule has 0 aliphatic heterocycles. The summed E-state index contributed by atoms with van der Waals surface area (Å²) in [6.45, 7) is 1.05. The second kappa shape index (κ2) is 9.27. The number of carboxylic acids is 1. The minimum Gasteiger partial charge on any atom is -0.491 e. The summed E-state index contributed by atoms with van der Waals surface area (Å²) in [4.78, 5) is 48.1. The monoisotopic (exact) mass is 441 g/mol. The zero-order valence-electron chi connectivity index (χ0n) is 16.9. The van der Waals surface area contributed by atoms with Crippen LogP contribution in [0.2, 0.25) is 0 Å². The molecule has 3 aromatic rings. The molecular formula is C21H19N3O8. The van der Waals surface area contributed by atoms with Crippen LogP contribution in [-0.4, -0.2) is 43.5 Å². The van der Waals surface area contributed by atoms with E-state index < -0.39 is 27.7 Å². The molecule has 166 valence electrons. The lowest BCUT2D eigenvalue weighted by Gasteiger charge is -2.13. The minimum atomic E-state index is -1.52. The van der Waals surface area contributed by atoms with E-state index in [0.717, 1.165) is 15.3 Å². The van der Waals surface area contributed by atoms with Gasteiger partial charge in [-0.3, -0.25) is 24.0 Å². The zero-order valence-corrected chi connectivity index (χ0v) is 16.9. The summed E-state index contributed by atoms with van der Waals surface area (Å²) in [6.07, 6.45) is 0.938. The Morgan fingerprint density at radius 1 is 1.16 bits per heavy atom. The van der Waals surface area contributed by atoms with Crippen LogP contribution in [0, 0.1) is 17.0 Å². The fraction of sp³-hybridized carbons (Fsp3) is 0.190. The van der Waals surface area contributed by atoms with Crippen LogP contribution >= 0.6 is 0 Å². The summed E-state index contributed by atoms with van der Waals surface area (Å²) in [5.74, 6) is -1.09. The van der Waals surface area contributed by atoms with Crippen LogP contribution in [-0.2, 0) is 6.54 Å². The molecule has 11 nitrogen and oxygen atoms in total. The highest BCUT2D eigenvalue weighted by atomic mass is 16.6. The maximum absolute atomic E-state index is 13.1. The zero-order chi connectivity index (χ0) is 23.4. The third kappa shape index (κ3) is 4.42. The van der Waals surface area contributed by atoms with Gasteiger partial charge >= 0.3 is 11.7 Å². The Bertz CT molecular complexity index is 1290. The van der Waals surface area contributed by atoms with Crippen molar-refractivity contribution in [3.8, 4) is 11.4 Å². The Kier molecular flexibility index (Phi) is 6.50. The second-order valence-electron chi connectivity index (χ2n) is 6.78. The van der Waals surface area contributed by atoms with Crippen molar-refractivity contribution >= 4 is 11.7 Å². The van der Waals surface area contributed by atoms with Gasteiger partial charge in [-0.05, 0) is 36.8 Å². The minimum absolute atomic E-state index is 0.0793. The van der Waals surface area contributed by atoms with Gasteiger partial charge in [-0.1, -0.05) is 12.1 Å². The number of aromatic carboxylic acids is 1. The summed E-state index contributed by atoms with van der Waals surface area (Å²) in [7, 11) is 0. The molecular weight excluding hydrogens is 422 g/mol. The maximum Gasteiger partial charge on any atom is 0.342 e. The van der Waals surface area contributed by atoms with Gasteiger partial charge < -0.3 is 14.9 Å². The number of aliphatic hydroxyl groups excluding tert-OH is 1. The molecule has 0 unspecified atom stereocenters. The van der Waals surface area contributed by atoms with Gasteiger partial charge in [-0.25, -0.2) is 9.59 Å². The molecule has 32 heavy (non-hydrogen) atoms. The van der Waals surface area contributed by atoms with E-state index in [4.69, 9.17) is 9.84 Å². The first-order chi connectivity index (χ1) is 15.2. The quantitative estimate of drug-likeness (QED) is 0.392. The maximum atomic E-state index is 13.1. The molecule has 0 amide bonds. The predicted molar refractivity (Wildman–Crippen MR) is 113 cm³/mol. The van der Waals surface area contributed by atoms with Crippen LogP contribution in [0.25, 0.3) is 5.69 Å². The number of nitrogens with zero attached hydrogens (tertiary/aromatic N) is 3. The molecule has 0 aliphatic rings. The Morgan fingerprint density at radius 3 is 2.44 bits per heavy atom. The van der Waals surface area contributed by atoms with Crippen LogP contribution in [0.15, 0.2) is 58.3 Å². The van der Waals surface area contributed by atoms with Crippen LogP contribution in [0.1, 0.15) is 21.5 Å². The number of carboxylic acid groups (broad SMARTS) is 1. The third-order valence-electron chi connectivity index (χ3n) is 4.82. The fourth-order valence-corrected chi connectivity index (χ4v) is 3.15. The van der Waals surface area contributed by atoms with Crippen molar-refractivity contribution < 1.29 is 24.7 Å². The van der Waals surface area contributed by atoms with E-state index in [1.807, 2.05) is 0 Å². The van der Waals surface area contributed by atoms with E-state index in [1.54, 1.807) is 0 Å². The van der Waals surface area contributed by atoms with Crippen molar-refractivity contribution in [3.05, 3.63) is 96.3 Å². The first kappa shape index (κ1) is 22.4. The molecule has 11 heteroatoms. The first-order valence-corrected chi connectivity index (χ1v) is 9.41. The number of aliphatic hydroxyl groups is 1. The largest absolute Gasteiger partial charge is 0.491 e. The van der Waals surface area contributed by atoms with E-state index in [2.05, 4.69) is 0 Å². The molecule has 0 aliphatic carbocycles. The van der Waals surface area contributed by atoms with E-state index in [-0.39, 0.29) is 36.7 Å². The number of nitro benzene ring substituents is 1. The highest BCUT2D eigenvalue weighted by Gasteiger charge is 2.20. The summed E-state index contributed by atoms with van der Waals surface area (Å²) in [6, 6.07) is 10.3. The topological polar surface area (TPSA) is 154 Å². The average molecular weight is 441 g/mol. The highest BCUT2D eigenvalue weighted by molar-refractivity contribution is 5.86. The molecule has 2 N–H and O–H groups in total.